The van der Waals surface area contributed by atoms with E-state index in [9.17, 15) is 14.7 Å². The largest absolute Gasteiger partial charge is 0.488 e. The van der Waals surface area contributed by atoms with Gasteiger partial charge in [0.1, 0.15) is 18.2 Å². The molecular formula is C29H42N6O4. The molecule has 2 aromatic rings. The van der Waals surface area contributed by atoms with Crippen molar-refractivity contribution in [3.8, 4) is 5.75 Å². The molecule has 0 saturated heterocycles. The normalized spacial score (nSPS) is 21.3. The number of carbonyl (C=O) groups excluding carboxylic acids is 2. The van der Waals surface area contributed by atoms with E-state index in [-0.39, 0.29) is 49.1 Å². The number of ether oxygens (including phenoxy) is 1. The number of hydrogen-bond donors (Lipinski definition) is 3. The number of rotatable bonds is 8. The quantitative estimate of drug-likeness (QED) is 0.472. The lowest BCUT2D eigenvalue weighted by Crippen LogP contribution is -2.47. The van der Waals surface area contributed by atoms with Crippen LogP contribution in [0.25, 0.3) is 0 Å². The second-order valence-electron chi connectivity index (χ2n) is 11.0. The van der Waals surface area contributed by atoms with E-state index >= 15 is 0 Å². The highest BCUT2D eigenvalue weighted by Crippen LogP contribution is 2.29. The van der Waals surface area contributed by atoms with Crippen molar-refractivity contribution in [3.63, 3.8) is 0 Å². The lowest BCUT2D eigenvalue weighted by atomic mass is 9.96. The molecule has 0 radical (unpaired) electrons. The maximum atomic E-state index is 13.4. The van der Waals surface area contributed by atoms with Crippen molar-refractivity contribution in [2.75, 3.05) is 32.1 Å². The van der Waals surface area contributed by atoms with Crippen molar-refractivity contribution in [2.45, 2.75) is 77.1 Å². The predicted octanol–water partition coefficient (Wildman–Crippen LogP) is 3.21. The topological polar surface area (TPSA) is 120 Å². The summed E-state index contributed by atoms with van der Waals surface area (Å²) in [5.41, 5.74) is 2.24. The third-order valence-corrected chi connectivity index (χ3v) is 7.68. The molecular weight excluding hydrogens is 496 g/mol. The summed E-state index contributed by atoms with van der Waals surface area (Å²) >= 11 is 0. The van der Waals surface area contributed by atoms with Gasteiger partial charge in [-0.3, -0.25) is 9.69 Å². The summed E-state index contributed by atoms with van der Waals surface area (Å²) in [6.07, 6.45) is 8.68. The van der Waals surface area contributed by atoms with Gasteiger partial charge in [0.05, 0.1) is 24.8 Å². The van der Waals surface area contributed by atoms with Gasteiger partial charge in [0.25, 0.3) is 0 Å². The number of benzene rings is 1. The van der Waals surface area contributed by atoms with E-state index in [1.54, 1.807) is 17.4 Å². The van der Waals surface area contributed by atoms with E-state index in [0.29, 0.717) is 36.6 Å². The van der Waals surface area contributed by atoms with E-state index in [0.717, 1.165) is 31.4 Å². The first kappa shape index (κ1) is 28.8. The van der Waals surface area contributed by atoms with Gasteiger partial charge in [0.15, 0.2) is 0 Å². The molecule has 1 aromatic carbocycles. The zero-order chi connectivity index (χ0) is 27.8. The van der Waals surface area contributed by atoms with E-state index < -0.39 is 0 Å². The number of anilines is 1. The summed E-state index contributed by atoms with van der Waals surface area (Å²) in [7, 11) is 2.02. The molecule has 0 bridgehead atoms. The SMILES string of the molecule is C[C@@H]1CN([C@@H](C)CO)C(=O)Cc2cc(NC(=O)NC3CCCCC3)ccc2O[C@H]1CN(C)Cc1ccncn1. The lowest BCUT2D eigenvalue weighted by molar-refractivity contribution is -0.134. The number of aliphatic hydroxyl groups excluding tert-OH is 1. The number of likely N-dealkylation sites (N-methyl/N-ethyl adjacent to an activating group) is 1. The summed E-state index contributed by atoms with van der Waals surface area (Å²) in [6.45, 7) is 5.53. The van der Waals surface area contributed by atoms with E-state index in [2.05, 4.69) is 32.4 Å². The van der Waals surface area contributed by atoms with Crippen LogP contribution in [0, 0.1) is 5.92 Å². The highest BCUT2D eigenvalue weighted by molar-refractivity contribution is 5.90. The number of nitrogens with zero attached hydrogens (tertiary/aromatic N) is 4. The van der Waals surface area contributed by atoms with Crippen LogP contribution in [0.4, 0.5) is 10.5 Å². The Morgan fingerprint density at radius 2 is 2.05 bits per heavy atom. The van der Waals surface area contributed by atoms with Crippen LogP contribution in [0.5, 0.6) is 5.75 Å². The van der Waals surface area contributed by atoms with Gasteiger partial charge in [-0.25, -0.2) is 14.8 Å². The number of hydrogen-bond acceptors (Lipinski definition) is 7. The number of aliphatic hydroxyl groups is 1. The van der Waals surface area contributed by atoms with E-state index in [1.807, 2.05) is 38.2 Å². The Morgan fingerprint density at radius 3 is 2.77 bits per heavy atom. The predicted molar refractivity (Wildman–Crippen MR) is 149 cm³/mol. The molecule has 4 rings (SSSR count). The highest BCUT2D eigenvalue weighted by Gasteiger charge is 2.31. The van der Waals surface area contributed by atoms with Crippen molar-refractivity contribution in [1.29, 1.82) is 0 Å². The second kappa shape index (κ2) is 13.7. The summed E-state index contributed by atoms with van der Waals surface area (Å²) in [4.78, 5) is 38.3. The molecule has 10 nitrogen and oxygen atoms in total. The molecule has 3 amide bonds. The summed E-state index contributed by atoms with van der Waals surface area (Å²) in [5.74, 6) is 0.556. The third-order valence-electron chi connectivity index (χ3n) is 7.68. The number of nitrogens with one attached hydrogen (secondary N) is 2. The monoisotopic (exact) mass is 538 g/mol. The zero-order valence-corrected chi connectivity index (χ0v) is 23.3. The van der Waals surface area contributed by atoms with Crippen molar-refractivity contribution in [2.24, 2.45) is 5.92 Å². The van der Waals surface area contributed by atoms with Crippen molar-refractivity contribution in [1.82, 2.24) is 25.1 Å². The molecule has 0 spiro atoms. The van der Waals surface area contributed by atoms with Gasteiger partial charge in [0, 0.05) is 49.0 Å². The number of carbonyl (C=O) groups is 2. The Labute approximate surface area is 231 Å². The van der Waals surface area contributed by atoms with E-state index in [4.69, 9.17) is 4.74 Å². The first-order chi connectivity index (χ1) is 18.8. The van der Waals surface area contributed by atoms with Crippen LogP contribution in [-0.4, -0.2) is 81.7 Å². The van der Waals surface area contributed by atoms with Crippen LogP contribution < -0.4 is 15.4 Å². The third kappa shape index (κ3) is 8.12. The van der Waals surface area contributed by atoms with Crippen LogP contribution in [0.1, 0.15) is 57.2 Å². The zero-order valence-electron chi connectivity index (χ0n) is 23.3. The molecule has 1 aliphatic carbocycles. The van der Waals surface area contributed by atoms with Crippen LogP contribution in [0.3, 0.4) is 0 Å². The van der Waals surface area contributed by atoms with Crippen LogP contribution in [-0.2, 0) is 17.8 Å². The van der Waals surface area contributed by atoms with Gasteiger partial charge in [-0.1, -0.05) is 26.2 Å². The maximum Gasteiger partial charge on any atom is 0.319 e. The molecule has 3 N–H and O–H groups in total. The molecule has 1 fully saturated rings. The lowest BCUT2D eigenvalue weighted by Gasteiger charge is -2.34. The standard InChI is InChI=1S/C29H42N6O4/c1-20-15-35(21(2)18-36)28(37)14-22-13-24(33-29(38)32-23-7-5-4-6-8-23)9-10-26(22)39-27(20)17-34(3)16-25-11-12-30-19-31-25/h9-13,19-21,23,27,36H,4-8,14-18H2,1-3H3,(H2,32,33,38)/t20-,21+,27+/m1/s1. The van der Waals surface area contributed by atoms with Crippen molar-refractivity contribution in [3.05, 3.63) is 48.0 Å². The molecule has 3 atom stereocenters. The Hall–Kier alpha value is -3.24. The van der Waals surface area contributed by atoms with Crippen molar-refractivity contribution < 1.29 is 19.4 Å². The minimum Gasteiger partial charge on any atom is -0.488 e. The average molecular weight is 539 g/mol. The van der Waals surface area contributed by atoms with Gasteiger partial charge in [-0.15, -0.1) is 0 Å². The Balaban J connectivity index is 1.53. The van der Waals surface area contributed by atoms with Gasteiger partial charge < -0.3 is 25.4 Å². The van der Waals surface area contributed by atoms with Crippen LogP contribution in [0.2, 0.25) is 0 Å². The first-order valence-electron chi connectivity index (χ1n) is 14.0. The molecule has 212 valence electrons. The molecule has 2 aliphatic rings. The minimum atomic E-state index is -0.316. The van der Waals surface area contributed by atoms with Crippen LogP contribution >= 0.6 is 0 Å². The fraction of sp³-hybridized carbons (Fsp3) is 0.586. The molecule has 0 unspecified atom stereocenters. The molecule has 1 aromatic heterocycles. The van der Waals surface area contributed by atoms with Gasteiger partial charge in [-0.05, 0) is 51.1 Å². The molecule has 2 heterocycles. The number of urea groups is 1. The van der Waals surface area contributed by atoms with Gasteiger partial charge in [0.2, 0.25) is 5.91 Å². The second-order valence-corrected chi connectivity index (χ2v) is 11.0. The Bertz CT molecular complexity index is 1090. The van der Waals surface area contributed by atoms with Crippen LogP contribution in [0.15, 0.2) is 36.8 Å². The Morgan fingerprint density at radius 1 is 1.26 bits per heavy atom. The van der Waals surface area contributed by atoms with Gasteiger partial charge >= 0.3 is 6.03 Å². The molecule has 1 aliphatic heterocycles. The average Bonchev–Trinajstić information content (AvgIpc) is 2.97. The Kier molecular flexibility index (Phi) is 10.1. The van der Waals surface area contributed by atoms with E-state index in [1.165, 1.54) is 6.42 Å². The minimum absolute atomic E-state index is 0.000761. The first-order valence-corrected chi connectivity index (χ1v) is 14.0. The maximum absolute atomic E-state index is 13.4. The highest BCUT2D eigenvalue weighted by atomic mass is 16.5. The molecule has 10 heteroatoms. The molecule has 1 saturated carbocycles. The summed E-state index contributed by atoms with van der Waals surface area (Å²) in [6, 6.07) is 7.03. The number of amides is 3. The number of fused-ring (bicyclic) bond motifs is 1. The van der Waals surface area contributed by atoms with Crippen molar-refractivity contribution >= 4 is 17.6 Å². The summed E-state index contributed by atoms with van der Waals surface area (Å²) in [5, 5.41) is 15.9. The fourth-order valence-corrected chi connectivity index (χ4v) is 5.38. The summed E-state index contributed by atoms with van der Waals surface area (Å²) < 4.78 is 6.58. The molecule has 39 heavy (non-hydrogen) atoms. The van der Waals surface area contributed by atoms with Gasteiger partial charge in [-0.2, -0.15) is 0 Å². The number of aromatic nitrogens is 2. The smallest absolute Gasteiger partial charge is 0.319 e. The fourth-order valence-electron chi connectivity index (χ4n) is 5.38.